The fourth-order valence-corrected chi connectivity index (χ4v) is 12.2. The summed E-state index contributed by atoms with van der Waals surface area (Å²) >= 11 is 0. The number of fused-ring (bicyclic) bond motifs is 12. The highest BCUT2D eigenvalue weighted by Crippen LogP contribution is 2.48. The van der Waals surface area contributed by atoms with Crippen LogP contribution in [0.2, 0.25) is 0 Å². The summed E-state index contributed by atoms with van der Waals surface area (Å²) < 4.78 is 12.2. The molecule has 0 radical (unpaired) electrons. The first-order chi connectivity index (χ1) is 36.2. The Morgan fingerprint density at radius 2 is 1.10 bits per heavy atom. The third-order valence-electron chi connectivity index (χ3n) is 15.5. The average molecular weight is 935 g/mol. The lowest BCUT2D eigenvalue weighted by molar-refractivity contribution is 0.531. The summed E-state index contributed by atoms with van der Waals surface area (Å²) in [6, 6.07) is 85.2. The number of hydrogen-bond donors (Lipinski definition) is 0. The molecule has 2 unspecified atom stereocenters. The van der Waals surface area contributed by atoms with E-state index in [2.05, 4.69) is 253 Å². The number of aromatic nitrogens is 2. The highest BCUT2D eigenvalue weighted by atomic mass is 16.3. The van der Waals surface area contributed by atoms with Gasteiger partial charge >= 0.3 is 0 Å². The van der Waals surface area contributed by atoms with E-state index in [-0.39, 0.29) is 12.0 Å². The number of hydrogen-bond acceptors (Lipinski definition) is 3. The molecule has 11 aromatic carbocycles. The summed E-state index contributed by atoms with van der Waals surface area (Å²) in [6.07, 6.45) is 0.791. The largest absolute Gasteiger partial charge is 0.454 e. The third-order valence-corrected chi connectivity index (χ3v) is 15.5. The van der Waals surface area contributed by atoms with Crippen LogP contribution in [0.15, 0.2) is 251 Å². The van der Waals surface area contributed by atoms with Gasteiger partial charge in [0.2, 0.25) is 0 Å². The second-order valence-corrected chi connectivity index (χ2v) is 19.5. The molecule has 0 aliphatic carbocycles. The Kier molecular flexibility index (Phi) is 9.30. The van der Waals surface area contributed by atoms with Gasteiger partial charge in [-0.25, -0.2) is 4.99 Å². The van der Waals surface area contributed by atoms with Crippen molar-refractivity contribution in [2.75, 3.05) is 0 Å². The van der Waals surface area contributed by atoms with Crippen molar-refractivity contribution in [2.24, 2.45) is 15.9 Å². The van der Waals surface area contributed by atoms with Gasteiger partial charge in [-0.2, -0.15) is 0 Å². The Morgan fingerprint density at radius 1 is 0.452 bits per heavy atom. The number of nitrogens with zero attached hydrogens (tertiary/aromatic N) is 4. The first-order valence-electron chi connectivity index (χ1n) is 25.4. The van der Waals surface area contributed by atoms with E-state index in [9.17, 15) is 0 Å². The van der Waals surface area contributed by atoms with Crippen LogP contribution < -0.4 is 0 Å². The minimum Gasteiger partial charge on any atom is -0.454 e. The minimum atomic E-state index is -0.366. The number of amidine groups is 1. The van der Waals surface area contributed by atoms with E-state index in [4.69, 9.17) is 14.4 Å². The highest BCUT2D eigenvalue weighted by molar-refractivity contribution is 6.25. The van der Waals surface area contributed by atoms with Crippen molar-refractivity contribution in [3.8, 4) is 22.5 Å². The zero-order valence-corrected chi connectivity index (χ0v) is 40.1. The van der Waals surface area contributed by atoms with Crippen LogP contribution in [-0.2, 0) is 0 Å². The molecule has 0 saturated heterocycles. The predicted octanol–water partition coefficient (Wildman–Crippen LogP) is 17.8. The topological polar surface area (TPSA) is 47.7 Å². The molecule has 2 atom stereocenters. The van der Waals surface area contributed by atoms with Gasteiger partial charge in [-0.15, -0.1) is 0 Å². The Bertz CT molecular complexity index is 4590. The lowest BCUT2D eigenvalue weighted by atomic mass is 9.81. The molecular formula is C68H46N4O. The van der Waals surface area contributed by atoms with E-state index in [1.54, 1.807) is 0 Å². The van der Waals surface area contributed by atoms with Crippen molar-refractivity contribution in [2.45, 2.75) is 19.4 Å². The summed E-state index contributed by atoms with van der Waals surface area (Å²) in [5.41, 5.74) is 14.9. The molecule has 0 fully saturated rings. The summed E-state index contributed by atoms with van der Waals surface area (Å²) in [7, 11) is 0. The van der Waals surface area contributed by atoms with Crippen LogP contribution in [0.3, 0.4) is 0 Å². The van der Waals surface area contributed by atoms with E-state index in [1.165, 1.54) is 48.7 Å². The summed E-state index contributed by atoms with van der Waals surface area (Å²) in [5, 5.41) is 11.7. The van der Waals surface area contributed by atoms with Gasteiger partial charge in [0.05, 0.1) is 39.5 Å². The number of benzene rings is 11. The van der Waals surface area contributed by atoms with Crippen LogP contribution in [0, 0.1) is 5.92 Å². The van der Waals surface area contributed by atoms with E-state index in [1.807, 2.05) is 0 Å². The zero-order chi connectivity index (χ0) is 48.1. The highest BCUT2D eigenvalue weighted by Gasteiger charge is 2.37. The van der Waals surface area contributed by atoms with Crippen molar-refractivity contribution in [1.82, 2.24) is 9.13 Å². The van der Waals surface area contributed by atoms with Crippen molar-refractivity contribution < 1.29 is 4.42 Å². The van der Waals surface area contributed by atoms with E-state index >= 15 is 0 Å². The maximum Gasteiger partial charge on any atom is 0.159 e. The van der Waals surface area contributed by atoms with Gasteiger partial charge in [0.25, 0.3) is 0 Å². The molecule has 0 amide bonds. The summed E-state index contributed by atoms with van der Waals surface area (Å²) in [5.74, 6) is 0.588. The number of furan rings is 1. The van der Waals surface area contributed by atoms with Crippen molar-refractivity contribution in [1.29, 1.82) is 0 Å². The number of para-hydroxylation sites is 3. The molecule has 4 heterocycles. The second-order valence-electron chi connectivity index (χ2n) is 19.5. The smallest absolute Gasteiger partial charge is 0.159 e. The van der Waals surface area contributed by atoms with Crippen molar-refractivity contribution in [3.63, 3.8) is 0 Å². The van der Waals surface area contributed by atoms with Gasteiger partial charge < -0.3 is 13.6 Å². The molecule has 5 heteroatoms. The Labute approximate surface area is 421 Å². The minimum absolute atomic E-state index is 0.122. The monoisotopic (exact) mass is 934 g/mol. The molecule has 3 aromatic heterocycles. The van der Waals surface area contributed by atoms with Gasteiger partial charge in [-0.3, -0.25) is 4.99 Å². The Morgan fingerprint density at radius 3 is 1.90 bits per heavy atom. The SMILES string of the molecule is CCC1C(c2cccc3c2c2ccccc2n3-c2ccccc2)=NC(c2ccc(-c3ccccc3)cc2)=NC1c1ccc2c(oc3ccccc32)c1-n1c2cc3ccccc3cc2c2ccc3ccccc3c21. The molecule has 15 rings (SSSR count). The maximum absolute atomic E-state index is 7.23. The number of aliphatic imine (C=N–C) groups is 2. The van der Waals surface area contributed by atoms with E-state index in [0.717, 1.165) is 89.8 Å². The molecule has 344 valence electrons. The van der Waals surface area contributed by atoms with Gasteiger partial charge in [0, 0.05) is 66.0 Å². The zero-order valence-electron chi connectivity index (χ0n) is 40.1. The van der Waals surface area contributed by atoms with E-state index < -0.39 is 0 Å². The lowest BCUT2D eigenvalue weighted by Crippen LogP contribution is -2.29. The van der Waals surface area contributed by atoms with Gasteiger partial charge in [0.15, 0.2) is 11.4 Å². The standard InChI is InChI=1S/C68H46N4O/c1-2-49-63(55-28-17-30-59-62(55)54-27-13-15-29-58(54)71(59)48-23-7-4-8-24-48)69-68(45-34-32-43(33-35-45)42-18-5-3-6-19-42)70-64(49)56-39-38-53-51-26-14-16-31-61(51)73-67(53)66(56)72-60-41-47-22-10-9-21-46(47)40-57(60)52-37-36-44-20-11-12-25-50(44)65(52)72/h3-41,49,64H,2H2,1H3. The van der Waals surface area contributed by atoms with E-state index in [0.29, 0.717) is 5.84 Å². The van der Waals surface area contributed by atoms with Gasteiger partial charge in [0.1, 0.15) is 5.58 Å². The fourth-order valence-electron chi connectivity index (χ4n) is 12.2. The summed E-state index contributed by atoms with van der Waals surface area (Å²) in [4.78, 5) is 11.7. The van der Waals surface area contributed by atoms with Crippen molar-refractivity contribution in [3.05, 3.63) is 253 Å². The first kappa shape index (κ1) is 41.5. The van der Waals surface area contributed by atoms with Crippen LogP contribution in [0.25, 0.3) is 110 Å². The fraction of sp³-hybridized carbons (Fsp3) is 0.0588. The molecule has 1 aliphatic rings. The first-order valence-corrected chi connectivity index (χ1v) is 25.4. The Balaban J connectivity index is 1.05. The van der Waals surface area contributed by atoms with Crippen LogP contribution in [0.4, 0.5) is 0 Å². The molecular weight excluding hydrogens is 889 g/mol. The molecule has 5 nitrogen and oxygen atoms in total. The molecule has 0 saturated carbocycles. The molecule has 73 heavy (non-hydrogen) atoms. The predicted molar refractivity (Wildman–Crippen MR) is 305 cm³/mol. The van der Waals surface area contributed by atoms with Crippen LogP contribution in [0.1, 0.15) is 36.1 Å². The van der Waals surface area contributed by atoms with Crippen LogP contribution in [-0.4, -0.2) is 20.7 Å². The number of rotatable bonds is 7. The molecule has 0 N–H and O–H groups in total. The molecule has 0 spiro atoms. The van der Waals surface area contributed by atoms with Crippen LogP contribution >= 0.6 is 0 Å². The third kappa shape index (κ3) is 6.35. The molecule has 0 bridgehead atoms. The molecule has 14 aromatic rings. The average Bonchev–Trinajstić information content (AvgIpc) is 4.15. The normalized spacial score (nSPS) is 15.1. The van der Waals surface area contributed by atoms with Gasteiger partial charge in [-0.05, 0) is 82.2 Å². The Hall–Kier alpha value is -9.32. The van der Waals surface area contributed by atoms with Crippen LogP contribution in [0.5, 0.6) is 0 Å². The second kappa shape index (κ2) is 16.4. The quantitative estimate of drug-likeness (QED) is 0.157. The van der Waals surface area contributed by atoms with Gasteiger partial charge in [-0.1, -0.05) is 195 Å². The molecule has 1 aliphatic heterocycles. The lowest BCUT2D eigenvalue weighted by Gasteiger charge is -2.31. The maximum atomic E-state index is 7.23. The summed E-state index contributed by atoms with van der Waals surface area (Å²) in [6.45, 7) is 2.30. The van der Waals surface area contributed by atoms with Crippen molar-refractivity contribution >= 4 is 98.6 Å².